The van der Waals surface area contributed by atoms with E-state index in [1.165, 1.54) is 6.42 Å². The van der Waals surface area contributed by atoms with E-state index in [4.69, 9.17) is 9.47 Å². The first-order chi connectivity index (χ1) is 10.2. The van der Waals surface area contributed by atoms with Crippen LogP contribution in [0.25, 0.3) is 0 Å². The van der Waals surface area contributed by atoms with E-state index in [0.29, 0.717) is 24.1 Å². The highest BCUT2D eigenvalue weighted by Gasteiger charge is 2.25. The number of likely N-dealkylation sites (tertiary alicyclic amines) is 1. The molecule has 0 aliphatic carbocycles. The van der Waals surface area contributed by atoms with E-state index in [1.807, 2.05) is 4.90 Å². The molecule has 21 heavy (non-hydrogen) atoms. The van der Waals surface area contributed by atoms with Gasteiger partial charge in [-0.25, -0.2) is 4.98 Å². The molecular weight excluding hydrogens is 268 g/mol. The second kappa shape index (κ2) is 6.43. The normalized spacial score (nSPS) is 25.9. The van der Waals surface area contributed by atoms with Crippen molar-refractivity contribution in [3.8, 4) is 5.88 Å². The molecule has 5 heteroatoms. The molecule has 2 fully saturated rings. The lowest BCUT2D eigenvalue weighted by Crippen LogP contribution is -2.42. The van der Waals surface area contributed by atoms with Crippen LogP contribution in [0.5, 0.6) is 5.88 Å². The number of amides is 1. The highest BCUT2D eigenvalue weighted by atomic mass is 16.5. The Bertz CT molecular complexity index is 500. The zero-order valence-corrected chi connectivity index (χ0v) is 12.5. The summed E-state index contributed by atoms with van der Waals surface area (Å²) in [4.78, 5) is 18.8. The summed E-state index contributed by atoms with van der Waals surface area (Å²) in [5.41, 5.74) is 0.660. The Morgan fingerprint density at radius 3 is 3.10 bits per heavy atom. The zero-order valence-electron chi connectivity index (χ0n) is 12.5. The first kappa shape index (κ1) is 14.3. The fourth-order valence-electron chi connectivity index (χ4n) is 2.95. The lowest BCUT2D eigenvalue weighted by molar-refractivity contribution is 0.0634. The summed E-state index contributed by atoms with van der Waals surface area (Å²) in [7, 11) is 0. The van der Waals surface area contributed by atoms with Crippen LogP contribution < -0.4 is 4.74 Å². The molecule has 2 unspecified atom stereocenters. The number of ether oxygens (including phenoxy) is 2. The van der Waals surface area contributed by atoms with Gasteiger partial charge in [-0.05, 0) is 32.3 Å². The highest BCUT2D eigenvalue weighted by Crippen LogP contribution is 2.21. The number of nitrogens with zero attached hydrogens (tertiary/aromatic N) is 2. The molecule has 0 spiro atoms. The van der Waals surface area contributed by atoms with E-state index in [1.54, 1.807) is 18.3 Å². The van der Waals surface area contributed by atoms with Crippen LogP contribution in [0.3, 0.4) is 0 Å². The van der Waals surface area contributed by atoms with Crippen molar-refractivity contribution in [2.24, 2.45) is 0 Å². The van der Waals surface area contributed by atoms with Crippen LogP contribution in [-0.2, 0) is 4.74 Å². The van der Waals surface area contributed by atoms with Gasteiger partial charge in [0.25, 0.3) is 5.91 Å². The number of hydrogen-bond donors (Lipinski definition) is 0. The minimum Gasteiger partial charge on any atom is -0.472 e. The van der Waals surface area contributed by atoms with Gasteiger partial charge in [0.2, 0.25) is 5.88 Å². The van der Waals surface area contributed by atoms with Crippen LogP contribution in [0.2, 0.25) is 0 Å². The van der Waals surface area contributed by atoms with E-state index in [-0.39, 0.29) is 12.0 Å². The summed E-state index contributed by atoms with van der Waals surface area (Å²) in [5, 5.41) is 0. The molecule has 2 aliphatic rings. The Labute approximate surface area is 125 Å². The van der Waals surface area contributed by atoms with Crippen LogP contribution in [0, 0.1) is 0 Å². The Morgan fingerprint density at radius 2 is 2.33 bits per heavy atom. The molecule has 1 aromatic rings. The highest BCUT2D eigenvalue weighted by molar-refractivity contribution is 5.94. The first-order valence-electron chi connectivity index (χ1n) is 7.75. The molecule has 0 bridgehead atoms. The summed E-state index contributed by atoms with van der Waals surface area (Å²) < 4.78 is 11.1. The Kier molecular flexibility index (Phi) is 4.39. The number of piperidine rings is 1. The molecule has 2 atom stereocenters. The molecule has 0 saturated carbocycles. The van der Waals surface area contributed by atoms with Gasteiger partial charge in [-0.3, -0.25) is 4.79 Å². The second-order valence-electron chi connectivity index (χ2n) is 5.83. The van der Waals surface area contributed by atoms with Gasteiger partial charge < -0.3 is 14.4 Å². The van der Waals surface area contributed by atoms with Gasteiger partial charge in [-0.1, -0.05) is 0 Å². The van der Waals surface area contributed by atoms with Gasteiger partial charge in [-0.15, -0.1) is 0 Å². The maximum Gasteiger partial charge on any atom is 0.254 e. The molecular formula is C16H22N2O3. The Morgan fingerprint density at radius 1 is 1.43 bits per heavy atom. The van der Waals surface area contributed by atoms with Crippen molar-refractivity contribution >= 4 is 5.91 Å². The van der Waals surface area contributed by atoms with Crippen molar-refractivity contribution in [2.75, 3.05) is 19.8 Å². The van der Waals surface area contributed by atoms with Gasteiger partial charge in [0.15, 0.2) is 0 Å². The molecule has 1 amide bonds. The molecule has 3 heterocycles. The molecule has 2 aliphatic heterocycles. The lowest BCUT2D eigenvalue weighted by atomic mass is 10.0. The van der Waals surface area contributed by atoms with Crippen molar-refractivity contribution in [2.45, 2.75) is 44.8 Å². The van der Waals surface area contributed by atoms with Gasteiger partial charge in [0.1, 0.15) is 6.10 Å². The van der Waals surface area contributed by atoms with Crippen LogP contribution in [-0.4, -0.2) is 47.7 Å². The zero-order chi connectivity index (χ0) is 14.7. The van der Waals surface area contributed by atoms with E-state index >= 15 is 0 Å². The van der Waals surface area contributed by atoms with Crippen molar-refractivity contribution in [1.29, 1.82) is 0 Å². The van der Waals surface area contributed by atoms with Crippen LogP contribution in [0.4, 0.5) is 0 Å². The van der Waals surface area contributed by atoms with E-state index in [9.17, 15) is 4.79 Å². The van der Waals surface area contributed by atoms with Crippen LogP contribution in [0.15, 0.2) is 18.3 Å². The third-order valence-electron chi connectivity index (χ3n) is 4.22. The summed E-state index contributed by atoms with van der Waals surface area (Å²) in [6.45, 7) is 4.29. The average Bonchev–Trinajstić information content (AvgIpc) is 3.00. The van der Waals surface area contributed by atoms with Gasteiger partial charge >= 0.3 is 0 Å². The first-order valence-corrected chi connectivity index (χ1v) is 7.75. The predicted octanol–water partition coefficient (Wildman–Crippen LogP) is 2.26. The minimum atomic E-state index is 0.0526. The number of carbonyl (C=O) groups is 1. The van der Waals surface area contributed by atoms with E-state index < -0.39 is 0 Å². The number of carbonyl (C=O) groups excluding carboxylic acids is 1. The van der Waals surface area contributed by atoms with Crippen molar-refractivity contribution in [3.05, 3.63) is 23.9 Å². The number of pyridine rings is 1. The molecule has 114 valence electrons. The topological polar surface area (TPSA) is 51.7 Å². The Hall–Kier alpha value is -1.62. The molecule has 0 radical (unpaired) electrons. The van der Waals surface area contributed by atoms with Gasteiger partial charge in [0.05, 0.1) is 13.2 Å². The standard InChI is InChI=1S/C16H22N2O3/c1-12-4-2-3-8-18(12)16(19)13-5-7-17-15(10-13)21-14-6-9-20-11-14/h5,7,10,12,14H,2-4,6,8-9,11H2,1H3. The Balaban J connectivity index is 1.70. The van der Waals surface area contributed by atoms with Crippen LogP contribution >= 0.6 is 0 Å². The third-order valence-corrected chi connectivity index (χ3v) is 4.22. The molecule has 2 saturated heterocycles. The minimum absolute atomic E-state index is 0.0526. The molecule has 0 aromatic carbocycles. The summed E-state index contributed by atoms with van der Waals surface area (Å²) >= 11 is 0. The average molecular weight is 290 g/mol. The predicted molar refractivity (Wildman–Crippen MR) is 78.4 cm³/mol. The van der Waals surface area contributed by atoms with Crippen molar-refractivity contribution in [3.63, 3.8) is 0 Å². The maximum atomic E-state index is 12.6. The number of aromatic nitrogens is 1. The molecule has 0 N–H and O–H groups in total. The van der Waals surface area contributed by atoms with Crippen LogP contribution in [0.1, 0.15) is 43.0 Å². The summed E-state index contributed by atoms with van der Waals surface area (Å²) in [6, 6.07) is 3.83. The third kappa shape index (κ3) is 3.35. The van der Waals surface area contributed by atoms with Gasteiger partial charge in [-0.2, -0.15) is 0 Å². The quantitative estimate of drug-likeness (QED) is 0.857. The second-order valence-corrected chi connectivity index (χ2v) is 5.83. The lowest BCUT2D eigenvalue weighted by Gasteiger charge is -2.33. The smallest absolute Gasteiger partial charge is 0.254 e. The van der Waals surface area contributed by atoms with E-state index in [0.717, 1.165) is 32.4 Å². The van der Waals surface area contributed by atoms with E-state index in [2.05, 4.69) is 11.9 Å². The fraction of sp³-hybridized carbons (Fsp3) is 0.625. The van der Waals surface area contributed by atoms with Gasteiger partial charge in [0, 0.05) is 36.8 Å². The SMILES string of the molecule is CC1CCCCN1C(=O)c1ccnc(OC2CCOC2)c1. The number of rotatable bonds is 3. The fourth-order valence-corrected chi connectivity index (χ4v) is 2.95. The van der Waals surface area contributed by atoms with Crippen molar-refractivity contribution < 1.29 is 14.3 Å². The summed E-state index contributed by atoms with van der Waals surface area (Å²) in [5.74, 6) is 0.595. The largest absolute Gasteiger partial charge is 0.472 e. The molecule has 5 nitrogen and oxygen atoms in total. The molecule has 1 aromatic heterocycles. The maximum absolute atomic E-state index is 12.6. The van der Waals surface area contributed by atoms with Crippen molar-refractivity contribution in [1.82, 2.24) is 9.88 Å². The number of hydrogen-bond acceptors (Lipinski definition) is 4. The summed E-state index contributed by atoms with van der Waals surface area (Å²) in [6.07, 6.45) is 5.95. The monoisotopic (exact) mass is 290 g/mol. The molecule has 3 rings (SSSR count).